The Hall–Kier alpha value is -3.17. The Morgan fingerprint density at radius 3 is 1.94 bits per heavy atom. The van der Waals surface area contributed by atoms with Gasteiger partial charge in [0.15, 0.2) is 5.83 Å². The van der Waals surface area contributed by atoms with E-state index in [4.69, 9.17) is 4.74 Å². The van der Waals surface area contributed by atoms with Crippen molar-refractivity contribution >= 4 is 23.2 Å². The Bertz CT molecular complexity index is 1110. The fourth-order valence-electron chi connectivity index (χ4n) is 3.92. The predicted octanol–water partition coefficient (Wildman–Crippen LogP) is 6.91. The van der Waals surface area contributed by atoms with Gasteiger partial charge in [-0.1, -0.05) is 42.5 Å². The number of hydrogen-bond acceptors (Lipinski definition) is 1. The van der Waals surface area contributed by atoms with Crippen LogP contribution in [0.2, 0.25) is 0 Å². The Balaban J connectivity index is 2.33. The summed E-state index contributed by atoms with van der Waals surface area (Å²) in [6.45, 7) is 0.568. The maximum Gasteiger partial charge on any atom is 0.151 e. The van der Waals surface area contributed by atoms with E-state index in [-0.39, 0.29) is 19.1 Å². The first-order valence-corrected chi connectivity index (χ1v) is 12.8. The minimum absolute atomic E-state index is 0.0764. The van der Waals surface area contributed by atoms with E-state index in [2.05, 4.69) is 0 Å². The SMILES string of the molecule is C\C(F)=C/C(=C\C(F)=C\F)C[P+](c1ccccc1)(c1ccccc1)c1cccc(OCCF)c1. The third-order valence-corrected chi connectivity index (χ3v) is 9.59. The minimum Gasteiger partial charge on any atom is -0.491 e. The van der Waals surface area contributed by atoms with Crippen LogP contribution in [0.15, 0.2) is 121 Å². The van der Waals surface area contributed by atoms with Gasteiger partial charge in [0.2, 0.25) is 0 Å². The molecule has 3 rings (SSSR count). The van der Waals surface area contributed by atoms with Crippen LogP contribution in [-0.4, -0.2) is 19.4 Å². The van der Waals surface area contributed by atoms with Crippen LogP contribution in [0.4, 0.5) is 17.6 Å². The highest BCUT2D eigenvalue weighted by Gasteiger charge is 2.46. The number of halogens is 4. The molecule has 0 unspecified atom stereocenters. The number of alkyl halides is 1. The smallest absolute Gasteiger partial charge is 0.151 e. The van der Waals surface area contributed by atoms with Gasteiger partial charge in [-0.15, -0.1) is 0 Å². The number of benzene rings is 3. The van der Waals surface area contributed by atoms with E-state index in [1.807, 2.05) is 78.9 Å². The normalized spacial score (nSPS) is 13.1. The molecule has 0 saturated heterocycles. The van der Waals surface area contributed by atoms with Crippen LogP contribution in [0, 0.1) is 0 Å². The second-order valence-electron chi connectivity index (χ2n) is 7.62. The Morgan fingerprint density at radius 1 is 0.824 bits per heavy atom. The molecule has 0 N–H and O–H groups in total. The van der Waals surface area contributed by atoms with E-state index < -0.39 is 25.6 Å². The first kappa shape index (κ1) is 25.5. The molecule has 0 heterocycles. The summed E-state index contributed by atoms with van der Waals surface area (Å²) in [6, 6.07) is 26.8. The summed E-state index contributed by atoms with van der Waals surface area (Å²) in [4.78, 5) is 0. The lowest BCUT2D eigenvalue weighted by atomic mass is 10.2. The minimum atomic E-state index is -2.56. The highest BCUT2D eigenvalue weighted by molar-refractivity contribution is 7.95. The molecular formula is C28H26F4OP+. The van der Waals surface area contributed by atoms with Crippen LogP contribution in [0.1, 0.15) is 6.92 Å². The van der Waals surface area contributed by atoms with Gasteiger partial charge in [0.25, 0.3) is 0 Å². The Labute approximate surface area is 198 Å². The van der Waals surface area contributed by atoms with Crippen LogP contribution in [-0.2, 0) is 0 Å². The van der Waals surface area contributed by atoms with Crippen molar-refractivity contribution in [3.63, 3.8) is 0 Å². The second kappa shape index (κ2) is 12.3. The second-order valence-corrected chi connectivity index (χ2v) is 11.1. The maximum atomic E-state index is 14.0. The van der Waals surface area contributed by atoms with E-state index in [1.165, 1.54) is 13.0 Å². The van der Waals surface area contributed by atoms with Crippen molar-refractivity contribution in [2.45, 2.75) is 6.92 Å². The van der Waals surface area contributed by atoms with E-state index in [0.29, 0.717) is 11.3 Å². The average Bonchev–Trinajstić information content (AvgIpc) is 2.86. The zero-order valence-corrected chi connectivity index (χ0v) is 19.7. The van der Waals surface area contributed by atoms with E-state index in [9.17, 15) is 17.6 Å². The monoisotopic (exact) mass is 485 g/mol. The topological polar surface area (TPSA) is 9.23 Å². The Kier molecular flexibility index (Phi) is 9.24. The average molecular weight is 485 g/mol. The molecule has 6 heteroatoms. The number of ether oxygens (including phenoxy) is 1. The predicted molar refractivity (Wildman–Crippen MR) is 135 cm³/mol. The molecule has 0 saturated carbocycles. The van der Waals surface area contributed by atoms with Gasteiger partial charge in [0.05, 0.1) is 12.0 Å². The summed E-state index contributed by atoms with van der Waals surface area (Å²) < 4.78 is 59.3. The number of hydrogen-bond donors (Lipinski definition) is 0. The lowest BCUT2D eigenvalue weighted by Crippen LogP contribution is -2.34. The molecule has 0 aliphatic heterocycles. The summed E-state index contributed by atoms with van der Waals surface area (Å²) in [7, 11) is -2.56. The quantitative estimate of drug-likeness (QED) is 0.172. The molecular weight excluding hydrogens is 459 g/mol. The first-order valence-electron chi connectivity index (χ1n) is 10.8. The van der Waals surface area contributed by atoms with Gasteiger partial charge in [0.1, 0.15) is 48.5 Å². The van der Waals surface area contributed by atoms with Crippen molar-refractivity contribution < 1.29 is 22.3 Å². The van der Waals surface area contributed by atoms with Crippen molar-refractivity contribution in [2.75, 3.05) is 19.4 Å². The van der Waals surface area contributed by atoms with Gasteiger partial charge in [0, 0.05) is 6.07 Å². The Morgan fingerprint density at radius 2 is 1.41 bits per heavy atom. The molecule has 3 aromatic carbocycles. The summed E-state index contributed by atoms with van der Waals surface area (Å²) in [5.74, 6) is -1.10. The molecule has 0 atom stereocenters. The summed E-state index contributed by atoms with van der Waals surface area (Å²) >= 11 is 0. The summed E-state index contributed by atoms with van der Waals surface area (Å²) in [6.07, 6.45) is 2.34. The lowest BCUT2D eigenvalue weighted by Gasteiger charge is -2.28. The van der Waals surface area contributed by atoms with Gasteiger partial charge in [-0.25, -0.2) is 17.6 Å². The third kappa shape index (κ3) is 6.24. The highest BCUT2D eigenvalue weighted by Crippen LogP contribution is 2.57. The zero-order chi connectivity index (χ0) is 24.4. The van der Waals surface area contributed by atoms with Gasteiger partial charge in [-0.05, 0) is 61.0 Å². The van der Waals surface area contributed by atoms with Gasteiger partial charge in [-0.2, -0.15) is 0 Å². The largest absolute Gasteiger partial charge is 0.491 e. The molecule has 0 aliphatic carbocycles. The highest BCUT2D eigenvalue weighted by atomic mass is 31.2. The molecule has 3 aromatic rings. The molecule has 0 aromatic heterocycles. The van der Waals surface area contributed by atoms with Crippen LogP contribution < -0.4 is 20.7 Å². The van der Waals surface area contributed by atoms with Crippen molar-refractivity contribution in [3.05, 3.63) is 121 Å². The molecule has 0 radical (unpaired) electrons. The van der Waals surface area contributed by atoms with Crippen molar-refractivity contribution in [2.24, 2.45) is 0 Å². The molecule has 1 nitrogen and oxygen atoms in total. The van der Waals surface area contributed by atoms with Crippen molar-refractivity contribution in [1.82, 2.24) is 0 Å². The fourth-order valence-corrected chi connectivity index (χ4v) is 8.15. The van der Waals surface area contributed by atoms with Gasteiger partial charge < -0.3 is 4.74 Å². The molecule has 34 heavy (non-hydrogen) atoms. The zero-order valence-electron chi connectivity index (χ0n) is 18.8. The first-order chi connectivity index (χ1) is 16.5. The lowest BCUT2D eigenvalue weighted by molar-refractivity contribution is 0.273. The number of allylic oxidation sites excluding steroid dienone is 5. The van der Waals surface area contributed by atoms with E-state index in [0.717, 1.165) is 22.0 Å². The van der Waals surface area contributed by atoms with Gasteiger partial charge in [-0.3, -0.25) is 0 Å². The van der Waals surface area contributed by atoms with Crippen molar-refractivity contribution in [3.8, 4) is 5.75 Å². The van der Waals surface area contributed by atoms with Crippen LogP contribution in [0.3, 0.4) is 0 Å². The van der Waals surface area contributed by atoms with Crippen LogP contribution in [0.5, 0.6) is 5.75 Å². The molecule has 0 bridgehead atoms. The van der Waals surface area contributed by atoms with Crippen LogP contribution in [0.25, 0.3) is 0 Å². The molecule has 176 valence electrons. The summed E-state index contributed by atoms with van der Waals surface area (Å²) in [5.41, 5.74) is 0.308. The van der Waals surface area contributed by atoms with Crippen LogP contribution >= 0.6 is 7.26 Å². The number of rotatable bonds is 10. The van der Waals surface area contributed by atoms with Crippen molar-refractivity contribution in [1.29, 1.82) is 0 Å². The molecule has 0 amide bonds. The standard InChI is InChI=1S/C28H26F4OP/c1-22(31)17-23(18-24(32)20-30)21-34(26-10-4-2-5-11-26,27-12-6-3-7-13-27)28-14-8-9-25(19-28)33-16-15-29/h2-14,17-20H,15-16,21H2,1H3/q+1/b22-17+,23-18+,24-20-. The van der Waals surface area contributed by atoms with E-state index >= 15 is 0 Å². The molecule has 0 fully saturated rings. The molecule has 0 spiro atoms. The maximum absolute atomic E-state index is 14.0. The molecule has 0 aliphatic rings. The van der Waals surface area contributed by atoms with Gasteiger partial charge >= 0.3 is 0 Å². The van der Waals surface area contributed by atoms with E-state index in [1.54, 1.807) is 6.07 Å². The fraction of sp³-hybridized carbons (Fsp3) is 0.143. The summed E-state index contributed by atoms with van der Waals surface area (Å²) in [5, 5.41) is 2.84. The third-order valence-electron chi connectivity index (χ3n) is 5.23.